The van der Waals surface area contributed by atoms with Crippen molar-refractivity contribution in [3.8, 4) is 0 Å². The van der Waals surface area contributed by atoms with Crippen LogP contribution in [0.2, 0.25) is 0 Å². The number of ether oxygens (including phenoxy) is 1. The molecule has 27 heavy (non-hydrogen) atoms. The van der Waals surface area contributed by atoms with Crippen LogP contribution in [0.15, 0.2) is 24.3 Å². The number of hydrogen-bond acceptors (Lipinski definition) is 5. The smallest absolute Gasteiger partial charge is 0.410 e. The minimum absolute atomic E-state index is 0.0969. The lowest BCUT2D eigenvalue weighted by Gasteiger charge is -2.37. The summed E-state index contributed by atoms with van der Waals surface area (Å²) in [5, 5.41) is 0. The minimum Gasteiger partial charge on any atom is -0.441 e. The summed E-state index contributed by atoms with van der Waals surface area (Å²) in [6.07, 6.45) is 2.59. The summed E-state index contributed by atoms with van der Waals surface area (Å²) in [6, 6.07) is 7.85. The molecule has 2 saturated heterocycles. The quantitative estimate of drug-likeness (QED) is 0.688. The first-order valence-electron chi connectivity index (χ1n) is 9.82. The first-order valence-corrected chi connectivity index (χ1v) is 9.82. The van der Waals surface area contributed by atoms with E-state index in [0.29, 0.717) is 0 Å². The van der Waals surface area contributed by atoms with Crippen LogP contribution in [0.1, 0.15) is 42.1 Å². The van der Waals surface area contributed by atoms with E-state index in [2.05, 4.69) is 9.80 Å². The molecule has 2 aliphatic rings. The van der Waals surface area contributed by atoms with Crippen molar-refractivity contribution in [1.82, 2.24) is 14.7 Å². The Morgan fingerprint density at radius 3 is 2.44 bits per heavy atom. The first kappa shape index (κ1) is 19.8. The summed E-state index contributed by atoms with van der Waals surface area (Å²) in [7, 11) is 4.10. The third kappa shape index (κ3) is 5.08. The van der Waals surface area contributed by atoms with Crippen LogP contribution in [-0.4, -0.2) is 79.0 Å². The minimum atomic E-state index is -0.301. The molecular weight excluding hydrogens is 342 g/mol. The Balaban J connectivity index is 1.48. The van der Waals surface area contributed by atoms with Crippen molar-refractivity contribution in [3.63, 3.8) is 0 Å². The van der Waals surface area contributed by atoms with Gasteiger partial charge in [0.2, 0.25) is 0 Å². The number of Topliss-reactive ketones (excluding diaryl/α,β-unsaturated/α-hetero) is 1. The molecule has 0 aliphatic carbocycles. The van der Waals surface area contributed by atoms with Gasteiger partial charge in [0.15, 0.2) is 5.78 Å². The average Bonchev–Trinajstić information content (AvgIpc) is 2.93. The predicted octanol–water partition coefficient (Wildman–Crippen LogP) is 2.63. The number of piperidine rings is 1. The van der Waals surface area contributed by atoms with Crippen molar-refractivity contribution in [2.24, 2.45) is 0 Å². The second-order valence-electron chi connectivity index (χ2n) is 8.16. The number of carbonyl (C=O) groups excluding carboxylic acids is 2. The van der Waals surface area contributed by atoms with Gasteiger partial charge in [-0.15, -0.1) is 0 Å². The lowest BCUT2D eigenvalue weighted by atomic mass is 9.91. The van der Waals surface area contributed by atoms with E-state index < -0.39 is 0 Å². The van der Waals surface area contributed by atoms with E-state index in [9.17, 15) is 9.59 Å². The van der Waals surface area contributed by atoms with Gasteiger partial charge >= 0.3 is 6.09 Å². The molecule has 2 heterocycles. The van der Waals surface area contributed by atoms with Crippen molar-refractivity contribution in [2.45, 2.75) is 38.3 Å². The summed E-state index contributed by atoms with van der Waals surface area (Å²) in [5.41, 5.74) is 1.66. The van der Waals surface area contributed by atoms with E-state index >= 15 is 0 Å². The van der Waals surface area contributed by atoms with Gasteiger partial charge in [0, 0.05) is 44.6 Å². The molecule has 1 spiro atoms. The van der Waals surface area contributed by atoms with Gasteiger partial charge in [0.25, 0.3) is 0 Å². The number of amides is 1. The molecule has 2 fully saturated rings. The number of likely N-dealkylation sites (tertiary alicyclic amines) is 1. The molecule has 0 unspecified atom stereocenters. The molecule has 0 saturated carbocycles. The Morgan fingerprint density at radius 2 is 1.85 bits per heavy atom. The topological polar surface area (TPSA) is 53.1 Å². The second kappa shape index (κ2) is 8.40. The highest BCUT2D eigenvalue weighted by Gasteiger charge is 2.46. The zero-order valence-corrected chi connectivity index (χ0v) is 16.7. The highest BCUT2D eigenvalue weighted by Crippen LogP contribution is 2.33. The number of benzene rings is 1. The molecular formula is C21H31N3O3. The number of nitrogens with zero attached hydrogens (tertiary/aromatic N) is 3. The fourth-order valence-corrected chi connectivity index (χ4v) is 3.92. The zero-order valence-electron chi connectivity index (χ0n) is 16.7. The Labute approximate surface area is 162 Å². The van der Waals surface area contributed by atoms with Crippen molar-refractivity contribution in [1.29, 1.82) is 0 Å². The monoisotopic (exact) mass is 373 g/mol. The third-order valence-corrected chi connectivity index (χ3v) is 5.61. The second-order valence-corrected chi connectivity index (χ2v) is 8.16. The standard InChI is InChI=1S/C21H31N3O3/c1-17(25)19-7-5-18(6-8-19)15-23-13-9-21(10-14-23)16-24(20(26)27-21)12-4-11-22(2)3/h5-8H,4,9-16H2,1-3H3. The summed E-state index contributed by atoms with van der Waals surface area (Å²) in [5.74, 6) is 0.0969. The Kier molecular flexibility index (Phi) is 6.17. The van der Waals surface area contributed by atoms with Crippen molar-refractivity contribution >= 4 is 11.9 Å². The van der Waals surface area contributed by atoms with Crippen LogP contribution in [-0.2, 0) is 11.3 Å². The van der Waals surface area contributed by atoms with Gasteiger partial charge in [0.05, 0.1) is 6.54 Å². The third-order valence-electron chi connectivity index (χ3n) is 5.61. The van der Waals surface area contributed by atoms with Gasteiger partial charge < -0.3 is 14.5 Å². The fraction of sp³-hybridized carbons (Fsp3) is 0.619. The van der Waals surface area contributed by atoms with E-state index in [4.69, 9.17) is 4.74 Å². The van der Waals surface area contributed by atoms with Crippen LogP contribution in [0.5, 0.6) is 0 Å². The molecule has 0 radical (unpaired) electrons. The van der Waals surface area contributed by atoms with Crippen LogP contribution in [0.4, 0.5) is 4.79 Å². The van der Waals surface area contributed by atoms with Gasteiger partial charge in [-0.25, -0.2) is 4.79 Å². The summed E-state index contributed by atoms with van der Waals surface area (Å²) >= 11 is 0. The largest absolute Gasteiger partial charge is 0.441 e. The molecule has 1 aromatic carbocycles. The fourth-order valence-electron chi connectivity index (χ4n) is 3.92. The first-order chi connectivity index (χ1) is 12.9. The predicted molar refractivity (Wildman–Crippen MR) is 105 cm³/mol. The van der Waals surface area contributed by atoms with Gasteiger partial charge in [-0.05, 0) is 39.5 Å². The van der Waals surface area contributed by atoms with Gasteiger partial charge in [-0.2, -0.15) is 0 Å². The number of carbonyl (C=O) groups is 2. The summed E-state index contributed by atoms with van der Waals surface area (Å²) < 4.78 is 5.81. The van der Waals surface area contributed by atoms with E-state index in [1.807, 2.05) is 43.3 Å². The molecule has 6 heteroatoms. The van der Waals surface area contributed by atoms with Crippen LogP contribution in [0.3, 0.4) is 0 Å². The maximum absolute atomic E-state index is 12.2. The van der Waals surface area contributed by atoms with E-state index in [-0.39, 0.29) is 17.5 Å². The van der Waals surface area contributed by atoms with Gasteiger partial charge in [-0.3, -0.25) is 9.69 Å². The molecule has 6 nitrogen and oxygen atoms in total. The molecule has 148 valence electrons. The van der Waals surface area contributed by atoms with Gasteiger partial charge in [-0.1, -0.05) is 24.3 Å². The van der Waals surface area contributed by atoms with Crippen LogP contribution < -0.4 is 0 Å². The highest BCUT2D eigenvalue weighted by atomic mass is 16.6. The molecule has 3 rings (SSSR count). The van der Waals surface area contributed by atoms with Crippen LogP contribution >= 0.6 is 0 Å². The van der Waals surface area contributed by atoms with E-state index in [0.717, 1.165) is 64.1 Å². The Hall–Kier alpha value is -1.92. The molecule has 0 N–H and O–H groups in total. The van der Waals surface area contributed by atoms with Crippen molar-refractivity contribution < 1.29 is 14.3 Å². The van der Waals surface area contributed by atoms with E-state index in [1.165, 1.54) is 5.56 Å². The normalized spacial score (nSPS) is 19.7. The number of ketones is 1. The lowest BCUT2D eigenvalue weighted by molar-refractivity contribution is -0.00125. The SMILES string of the molecule is CC(=O)c1ccc(CN2CCC3(CC2)CN(CCCN(C)C)C(=O)O3)cc1. The molecule has 1 aromatic rings. The molecule has 0 bridgehead atoms. The van der Waals surface area contributed by atoms with Crippen molar-refractivity contribution in [3.05, 3.63) is 35.4 Å². The Morgan fingerprint density at radius 1 is 1.19 bits per heavy atom. The summed E-state index contributed by atoms with van der Waals surface area (Å²) in [4.78, 5) is 30.0. The summed E-state index contributed by atoms with van der Waals surface area (Å²) in [6.45, 7) is 6.78. The van der Waals surface area contributed by atoms with E-state index in [1.54, 1.807) is 6.92 Å². The zero-order chi connectivity index (χ0) is 19.4. The van der Waals surface area contributed by atoms with Crippen LogP contribution in [0.25, 0.3) is 0 Å². The molecule has 1 amide bonds. The highest BCUT2D eigenvalue weighted by molar-refractivity contribution is 5.94. The maximum Gasteiger partial charge on any atom is 0.410 e. The van der Waals surface area contributed by atoms with Crippen LogP contribution in [0, 0.1) is 0 Å². The number of rotatable bonds is 7. The molecule has 0 aromatic heterocycles. The molecule has 2 aliphatic heterocycles. The Bertz CT molecular complexity index is 664. The number of hydrogen-bond donors (Lipinski definition) is 0. The molecule has 0 atom stereocenters. The van der Waals surface area contributed by atoms with Crippen molar-refractivity contribution in [2.75, 3.05) is 46.8 Å². The van der Waals surface area contributed by atoms with Gasteiger partial charge in [0.1, 0.15) is 5.60 Å². The average molecular weight is 373 g/mol. The maximum atomic E-state index is 12.2. The lowest BCUT2D eigenvalue weighted by Crippen LogP contribution is -2.46.